The molecule has 0 saturated carbocycles. The monoisotopic (exact) mass is 287 g/mol. The van der Waals surface area contributed by atoms with Crippen LogP contribution in [0.1, 0.15) is 10.4 Å². The second-order valence-corrected chi connectivity index (χ2v) is 4.52. The van der Waals surface area contributed by atoms with Crippen molar-refractivity contribution in [1.29, 1.82) is 0 Å². The van der Waals surface area contributed by atoms with Gasteiger partial charge in [0.2, 0.25) is 0 Å². The molecule has 0 spiro atoms. The van der Waals surface area contributed by atoms with Crippen molar-refractivity contribution >= 4 is 29.0 Å². The van der Waals surface area contributed by atoms with Gasteiger partial charge in [-0.25, -0.2) is 14.8 Å². The molecule has 110 valence electrons. The van der Waals surface area contributed by atoms with Crippen molar-refractivity contribution < 1.29 is 9.53 Å². The number of benzene rings is 1. The molecular formula is C14H17N5O2. The normalized spacial score (nSPS) is 10.0. The first kappa shape index (κ1) is 14.6. The van der Waals surface area contributed by atoms with Crippen LogP contribution in [0, 0.1) is 0 Å². The zero-order valence-corrected chi connectivity index (χ0v) is 12.1. The SMILES string of the molecule is COC(=O)c1ccccc1Nc1ncnc(N(C)C)c1N. The first-order valence-corrected chi connectivity index (χ1v) is 6.26. The number of esters is 1. The van der Waals surface area contributed by atoms with Crippen LogP contribution in [-0.4, -0.2) is 37.1 Å². The number of hydrogen-bond donors (Lipinski definition) is 2. The molecule has 0 aliphatic carbocycles. The third-order valence-corrected chi connectivity index (χ3v) is 2.87. The van der Waals surface area contributed by atoms with Crippen LogP contribution < -0.4 is 16.0 Å². The van der Waals surface area contributed by atoms with Gasteiger partial charge in [0.05, 0.1) is 18.4 Å². The van der Waals surface area contributed by atoms with Crippen molar-refractivity contribution in [1.82, 2.24) is 9.97 Å². The lowest BCUT2D eigenvalue weighted by molar-refractivity contribution is 0.0602. The number of nitrogens with one attached hydrogen (secondary N) is 1. The molecule has 7 heteroatoms. The molecule has 0 radical (unpaired) electrons. The highest BCUT2D eigenvalue weighted by molar-refractivity contribution is 5.97. The van der Waals surface area contributed by atoms with Gasteiger partial charge in [-0.05, 0) is 12.1 Å². The summed E-state index contributed by atoms with van der Waals surface area (Å²) in [6.07, 6.45) is 1.41. The number of anilines is 4. The Labute approximate surface area is 122 Å². The van der Waals surface area contributed by atoms with Crippen molar-refractivity contribution in [3.8, 4) is 0 Å². The van der Waals surface area contributed by atoms with E-state index >= 15 is 0 Å². The summed E-state index contributed by atoms with van der Waals surface area (Å²) in [5, 5.41) is 3.05. The molecule has 21 heavy (non-hydrogen) atoms. The number of carbonyl (C=O) groups excluding carboxylic acids is 1. The maximum absolute atomic E-state index is 11.8. The van der Waals surface area contributed by atoms with Gasteiger partial charge in [-0.3, -0.25) is 0 Å². The summed E-state index contributed by atoms with van der Waals surface area (Å²) in [6, 6.07) is 6.98. The minimum absolute atomic E-state index is 0.405. The lowest BCUT2D eigenvalue weighted by Gasteiger charge is -2.17. The second kappa shape index (κ2) is 6.08. The van der Waals surface area contributed by atoms with Crippen molar-refractivity contribution in [3.63, 3.8) is 0 Å². The van der Waals surface area contributed by atoms with E-state index in [1.165, 1.54) is 13.4 Å². The molecular weight excluding hydrogens is 270 g/mol. The number of rotatable bonds is 4. The number of carbonyl (C=O) groups is 1. The highest BCUT2D eigenvalue weighted by atomic mass is 16.5. The van der Waals surface area contributed by atoms with E-state index in [1.807, 2.05) is 14.1 Å². The van der Waals surface area contributed by atoms with E-state index < -0.39 is 5.97 Å². The van der Waals surface area contributed by atoms with Crippen LogP contribution >= 0.6 is 0 Å². The van der Waals surface area contributed by atoms with Gasteiger partial charge >= 0.3 is 5.97 Å². The highest BCUT2D eigenvalue weighted by Gasteiger charge is 2.14. The molecule has 1 heterocycles. The predicted octanol–water partition coefficient (Wildman–Crippen LogP) is 1.65. The summed E-state index contributed by atoms with van der Waals surface area (Å²) < 4.78 is 4.76. The average Bonchev–Trinajstić information content (AvgIpc) is 2.49. The number of methoxy groups -OCH3 is 1. The quantitative estimate of drug-likeness (QED) is 0.826. The number of aromatic nitrogens is 2. The van der Waals surface area contributed by atoms with Crippen LogP contribution in [0.4, 0.5) is 23.0 Å². The van der Waals surface area contributed by atoms with Gasteiger partial charge in [0, 0.05) is 14.1 Å². The molecule has 0 bridgehead atoms. The summed E-state index contributed by atoms with van der Waals surface area (Å²) in [7, 11) is 5.01. The molecule has 0 atom stereocenters. The average molecular weight is 287 g/mol. The Morgan fingerprint density at radius 3 is 2.67 bits per heavy atom. The lowest BCUT2D eigenvalue weighted by atomic mass is 10.2. The molecule has 0 amide bonds. The summed E-state index contributed by atoms with van der Waals surface area (Å²) in [5.41, 5.74) is 7.43. The largest absolute Gasteiger partial charge is 0.465 e. The standard InChI is InChI=1S/C14H17N5O2/c1-19(2)13-11(15)12(16-8-17-13)18-10-7-5-4-6-9(10)14(20)21-3/h4-8H,15H2,1-3H3,(H,16,17,18). The van der Waals surface area contributed by atoms with Gasteiger partial charge in [0.1, 0.15) is 12.0 Å². The number of hydrogen-bond acceptors (Lipinski definition) is 7. The maximum atomic E-state index is 11.8. The number of ether oxygens (including phenoxy) is 1. The van der Waals surface area contributed by atoms with Gasteiger partial charge in [-0.15, -0.1) is 0 Å². The van der Waals surface area contributed by atoms with E-state index in [2.05, 4.69) is 15.3 Å². The molecule has 7 nitrogen and oxygen atoms in total. The zero-order chi connectivity index (χ0) is 15.4. The van der Waals surface area contributed by atoms with E-state index in [-0.39, 0.29) is 0 Å². The van der Waals surface area contributed by atoms with E-state index in [9.17, 15) is 4.79 Å². The van der Waals surface area contributed by atoms with Gasteiger partial charge in [0.25, 0.3) is 0 Å². The van der Waals surface area contributed by atoms with E-state index in [0.717, 1.165) is 0 Å². The molecule has 0 aliphatic rings. The molecule has 0 fully saturated rings. The van der Waals surface area contributed by atoms with Crippen LogP contribution in [0.2, 0.25) is 0 Å². The zero-order valence-electron chi connectivity index (χ0n) is 12.1. The molecule has 0 unspecified atom stereocenters. The fourth-order valence-electron chi connectivity index (χ4n) is 1.85. The first-order chi connectivity index (χ1) is 10.0. The topological polar surface area (TPSA) is 93.4 Å². The summed E-state index contributed by atoms with van der Waals surface area (Å²) in [4.78, 5) is 21.8. The van der Waals surface area contributed by atoms with Gasteiger partial charge in [0.15, 0.2) is 11.6 Å². The first-order valence-electron chi connectivity index (χ1n) is 6.26. The Balaban J connectivity index is 2.40. The van der Waals surface area contributed by atoms with Crippen molar-refractivity contribution in [3.05, 3.63) is 36.2 Å². The number of nitrogens with two attached hydrogens (primary N) is 1. The Hall–Kier alpha value is -2.83. The van der Waals surface area contributed by atoms with Crippen LogP contribution in [0.15, 0.2) is 30.6 Å². The summed E-state index contributed by atoms with van der Waals surface area (Å²) in [6.45, 7) is 0. The van der Waals surface area contributed by atoms with Crippen molar-refractivity contribution in [2.24, 2.45) is 0 Å². The van der Waals surface area contributed by atoms with Gasteiger partial charge < -0.3 is 20.7 Å². The van der Waals surface area contributed by atoms with Crippen LogP contribution in [0.3, 0.4) is 0 Å². The Bertz CT molecular complexity index is 658. The van der Waals surface area contributed by atoms with Crippen LogP contribution in [0.25, 0.3) is 0 Å². The number of para-hydroxylation sites is 1. The third kappa shape index (κ3) is 3.02. The molecule has 2 aromatic rings. The van der Waals surface area contributed by atoms with E-state index in [4.69, 9.17) is 10.5 Å². The maximum Gasteiger partial charge on any atom is 0.339 e. The third-order valence-electron chi connectivity index (χ3n) is 2.87. The lowest BCUT2D eigenvalue weighted by Crippen LogP contribution is -2.15. The number of nitrogens with zero attached hydrogens (tertiary/aromatic N) is 3. The molecule has 3 N–H and O–H groups in total. The predicted molar refractivity (Wildman–Crippen MR) is 81.8 cm³/mol. The van der Waals surface area contributed by atoms with Gasteiger partial charge in [-0.1, -0.05) is 12.1 Å². The van der Waals surface area contributed by atoms with E-state index in [1.54, 1.807) is 29.2 Å². The number of nitrogen functional groups attached to an aromatic ring is 1. The molecule has 1 aromatic heterocycles. The van der Waals surface area contributed by atoms with Crippen molar-refractivity contribution in [2.75, 3.05) is 37.2 Å². The Kier molecular flexibility index (Phi) is 4.22. The Morgan fingerprint density at radius 1 is 1.29 bits per heavy atom. The smallest absolute Gasteiger partial charge is 0.339 e. The van der Waals surface area contributed by atoms with Gasteiger partial charge in [-0.2, -0.15) is 0 Å². The van der Waals surface area contributed by atoms with Crippen LogP contribution in [-0.2, 0) is 4.74 Å². The molecule has 1 aromatic carbocycles. The summed E-state index contributed by atoms with van der Waals surface area (Å²) in [5.74, 6) is 0.603. The van der Waals surface area contributed by atoms with E-state index in [0.29, 0.717) is 28.6 Å². The Morgan fingerprint density at radius 2 is 2.00 bits per heavy atom. The van der Waals surface area contributed by atoms with Crippen LogP contribution in [0.5, 0.6) is 0 Å². The highest BCUT2D eigenvalue weighted by Crippen LogP contribution is 2.28. The van der Waals surface area contributed by atoms with Crippen molar-refractivity contribution in [2.45, 2.75) is 0 Å². The second-order valence-electron chi connectivity index (χ2n) is 4.52. The minimum atomic E-state index is -0.432. The molecule has 0 saturated heterocycles. The molecule has 2 rings (SSSR count). The minimum Gasteiger partial charge on any atom is -0.465 e. The summed E-state index contributed by atoms with van der Waals surface area (Å²) >= 11 is 0. The fraction of sp³-hybridized carbons (Fsp3) is 0.214. The molecule has 0 aliphatic heterocycles. The fourth-order valence-corrected chi connectivity index (χ4v) is 1.85.